The smallest absolute Gasteiger partial charge is 0.289 e. The summed E-state index contributed by atoms with van der Waals surface area (Å²) in [5.74, 6) is -0.0387. The number of furan rings is 1. The number of carbonyl (C=O) groups excluding carboxylic acids is 1. The minimum absolute atomic E-state index is 0.165. The van der Waals surface area contributed by atoms with Gasteiger partial charge in [-0.2, -0.15) is 11.8 Å². The predicted molar refractivity (Wildman–Crippen MR) is 98.3 cm³/mol. The van der Waals surface area contributed by atoms with Crippen LogP contribution in [0.2, 0.25) is 0 Å². The number of para-hydroxylation sites is 1. The summed E-state index contributed by atoms with van der Waals surface area (Å²) in [5.41, 5.74) is 1.05. The Morgan fingerprint density at radius 2 is 1.96 bits per heavy atom. The summed E-state index contributed by atoms with van der Waals surface area (Å²) >= 11 is 1.55. The van der Waals surface area contributed by atoms with Crippen LogP contribution in [0.1, 0.15) is 27.8 Å². The molecule has 26 heavy (non-hydrogen) atoms. The van der Waals surface area contributed by atoms with Gasteiger partial charge in [0.1, 0.15) is 17.2 Å². The van der Waals surface area contributed by atoms with Crippen LogP contribution in [0.5, 0.6) is 0 Å². The third-order valence-corrected chi connectivity index (χ3v) is 5.88. The number of amides is 1. The molecule has 4 rings (SSSR count). The maximum Gasteiger partial charge on any atom is 0.289 e. The zero-order valence-electron chi connectivity index (χ0n) is 14.0. The second-order valence-corrected chi connectivity index (χ2v) is 7.57. The van der Waals surface area contributed by atoms with Gasteiger partial charge in [-0.25, -0.2) is 8.78 Å². The molecule has 3 nitrogen and oxygen atoms in total. The van der Waals surface area contributed by atoms with Crippen molar-refractivity contribution < 1.29 is 18.0 Å². The van der Waals surface area contributed by atoms with E-state index in [1.807, 2.05) is 24.3 Å². The number of nitrogens with zero attached hydrogens (tertiary/aromatic N) is 1. The first-order valence-electron chi connectivity index (χ1n) is 8.46. The number of rotatable bonds is 2. The Morgan fingerprint density at radius 1 is 1.12 bits per heavy atom. The van der Waals surface area contributed by atoms with E-state index in [2.05, 4.69) is 0 Å². The van der Waals surface area contributed by atoms with Gasteiger partial charge in [0.05, 0.1) is 0 Å². The summed E-state index contributed by atoms with van der Waals surface area (Å²) in [6, 6.07) is 12.8. The highest BCUT2D eigenvalue weighted by molar-refractivity contribution is 7.99. The Kier molecular flexibility index (Phi) is 4.68. The van der Waals surface area contributed by atoms with Crippen LogP contribution in [0.15, 0.2) is 52.9 Å². The zero-order chi connectivity index (χ0) is 18.1. The fourth-order valence-corrected chi connectivity index (χ4v) is 4.47. The Hall–Kier alpha value is -2.34. The average Bonchev–Trinajstić information content (AvgIpc) is 2.93. The molecule has 1 unspecified atom stereocenters. The molecule has 3 aromatic rings. The van der Waals surface area contributed by atoms with Gasteiger partial charge < -0.3 is 9.32 Å². The lowest BCUT2D eigenvalue weighted by Crippen LogP contribution is -2.32. The van der Waals surface area contributed by atoms with Gasteiger partial charge in [-0.05, 0) is 36.8 Å². The maximum atomic E-state index is 14.1. The molecule has 0 N–H and O–H groups in total. The van der Waals surface area contributed by atoms with E-state index >= 15 is 0 Å². The van der Waals surface area contributed by atoms with Gasteiger partial charge in [-0.3, -0.25) is 4.79 Å². The van der Waals surface area contributed by atoms with Crippen LogP contribution in [0.3, 0.4) is 0 Å². The number of benzene rings is 2. The molecule has 0 aliphatic carbocycles. The molecule has 0 saturated carbocycles. The van der Waals surface area contributed by atoms with Crippen LogP contribution in [0.4, 0.5) is 8.78 Å². The minimum Gasteiger partial charge on any atom is -0.451 e. The summed E-state index contributed by atoms with van der Waals surface area (Å²) < 4.78 is 33.2. The number of halogens is 2. The van der Waals surface area contributed by atoms with Crippen molar-refractivity contribution in [2.24, 2.45) is 0 Å². The number of fused-ring (bicyclic) bond motifs is 1. The molecule has 1 fully saturated rings. The second-order valence-electron chi connectivity index (χ2n) is 6.25. The van der Waals surface area contributed by atoms with Crippen LogP contribution in [0.25, 0.3) is 11.0 Å². The van der Waals surface area contributed by atoms with Crippen LogP contribution in [-0.4, -0.2) is 29.6 Å². The van der Waals surface area contributed by atoms with Crippen molar-refractivity contribution in [3.8, 4) is 0 Å². The fourth-order valence-electron chi connectivity index (χ4n) is 3.23. The van der Waals surface area contributed by atoms with Crippen LogP contribution < -0.4 is 0 Å². The zero-order valence-corrected chi connectivity index (χ0v) is 14.8. The molecule has 2 aromatic carbocycles. The molecule has 6 heteroatoms. The maximum absolute atomic E-state index is 14.1. The van der Waals surface area contributed by atoms with Crippen molar-refractivity contribution in [1.29, 1.82) is 0 Å². The van der Waals surface area contributed by atoms with E-state index in [1.54, 1.807) is 22.7 Å². The van der Waals surface area contributed by atoms with Gasteiger partial charge in [0, 0.05) is 35.0 Å². The van der Waals surface area contributed by atoms with E-state index < -0.39 is 11.6 Å². The summed E-state index contributed by atoms with van der Waals surface area (Å²) in [6.45, 7) is 1.03. The molecule has 0 radical (unpaired) electrons. The second kappa shape index (κ2) is 7.11. The Bertz CT molecular complexity index is 923. The van der Waals surface area contributed by atoms with Crippen LogP contribution in [0, 0.1) is 11.6 Å². The third kappa shape index (κ3) is 3.33. The lowest BCUT2D eigenvalue weighted by Gasteiger charge is -2.19. The van der Waals surface area contributed by atoms with Gasteiger partial charge in [0.25, 0.3) is 5.91 Å². The molecule has 0 bridgehead atoms. The standard InChI is InChI=1S/C20H17F2NO2S/c21-14-5-6-16(22)15(12-14)19-7-8-23(9-10-26-19)20(24)18-11-13-3-1-2-4-17(13)25-18/h1-6,11-12,19H,7-10H2. The molecular formula is C20H17F2NO2S. The summed E-state index contributed by atoms with van der Waals surface area (Å²) in [5, 5.41) is 0.721. The number of thioether (sulfide) groups is 1. The fraction of sp³-hybridized carbons (Fsp3) is 0.250. The number of carbonyl (C=O) groups is 1. The van der Waals surface area contributed by atoms with Gasteiger partial charge in [-0.1, -0.05) is 18.2 Å². The normalized spacial score (nSPS) is 18.1. The van der Waals surface area contributed by atoms with E-state index in [0.717, 1.165) is 17.5 Å². The Balaban J connectivity index is 1.51. The van der Waals surface area contributed by atoms with Gasteiger partial charge in [0.2, 0.25) is 0 Å². The van der Waals surface area contributed by atoms with Crippen LogP contribution >= 0.6 is 11.8 Å². The SMILES string of the molecule is O=C(c1cc2ccccc2o1)N1CCSC(c2cc(F)ccc2F)CC1. The third-order valence-electron chi connectivity index (χ3n) is 4.57. The highest BCUT2D eigenvalue weighted by Crippen LogP contribution is 2.36. The van der Waals surface area contributed by atoms with E-state index in [1.165, 1.54) is 6.07 Å². The van der Waals surface area contributed by atoms with Gasteiger partial charge >= 0.3 is 0 Å². The van der Waals surface area contributed by atoms with Crippen molar-refractivity contribution in [3.05, 3.63) is 71.5 Å². The summed E-state index contributed by atoms with van der Waals surface area (Å²) in [7, 11) is 0. The Labute approximate surface area is 154 Å². The molecule has 0 spiro atoms. The van der Waals surface area contributed by atoms with Gasteiger partial charge in [0.15, 0.2) is 5.76 Å². The van der Waals surface area contributed by atoms with Crippen molar-refractivity contribution in [1.82, 2.24) is 4.90 Å². The molecule has 1 aliphatic rings. The molecule has 1 atom stereocenters. The van der Waals surface area contributed by atoms with Crippen molar-refractivity contribution in [2.75, 3.05) is 18.8 Å². The molecule has 134 valence electrons. The topological polar surface area (TPSA) is 33.5 Å². The predicted octanol–water partition coefficient (Wildman–Crippen LogP) is 5.03. The minimum atomic E-state index is -0.443. The highest BCUT2D eigenvalue weighted by atomic mass is 32.2. The largest absolute Gasteiger partial charge is 0.451 e. The van der Waals surface area contributed by atoms with Crippen molar-refractivity contribution in [2.45, 2.75) is 11.7 Å². The Morgan fingerprint density at radius 3 is 2.81 bits per heavy atom. The monoisotopic (exact) mass is 373 g/mol. The molecule has 1 aromatic heterocycles. The lowest BCUT2D eigenvalue weighted by molar-refractivity contribution is 0.0737. The molecule has 2 heterocycles. The number of hydrogen-bond acceptors (Lipinski definition) is 3. The highest BCUT2D eigenvalue weighted by Gasteiger charge is 2.26. The van der Waals surface area contributed by atoms with Crippen molar-refractivity contribution in [3.63, 3.8) is 0 Å². The van der Waals surface area contributed by atoms with E-state index in [9.17, 15) is 13.6 Å². The van der Waals surface area contributed by atoms with Crippen molar-refractivity contribution >= 4 is 28.6 Å². The van der Waals surface area contributed by atoms with E-state index in [0.29, 0.717) is 42.2 Å². The van der Waals surface area contributed by atoms with E-state index in [-0.39, 0.29) is 11.2 Å². The molecule has 1 aliphatic heterocycles. The molecular weight excluding hydrogens is 356 g/mol. The molecule has 1 saturated heterocycles. The van der Waals surface area contributed by atoms with Crippen LogP contribution in [-0.2, 0) is 0 Å². The summed E-state index contributed by atoms with van der Waals surface area (Å²) in [4.78, 5) is 14.5. The van der Waals surface area contributed by atoms with Gasteiger partial charge in [-0.15, -0.1) is 0 Å². The first kappa shape index (κ1) is 17.1. The molecule has 1 amide bonds. The first-order valence-corrected chi connectivity index (χ1v) is 9.51. The van der Waals surface area contributed by atoms with E-state index in [4.69, 9.17) is 4.42 Å². The lowest BCUT2D eigenvalue weighted by atomic mass is 10.1. The summed E-state index contributed by atoms with van der Waals surface area (Å²) in [6.07, 6.45) is 0.566. The average molecular weight is 373 g/mol. The first-order chi connectivity index (χ1) is 12.6. The quantitative estimate of drug-likeness (QED) is 0.632. The number of hydrogen-bond donors (Lipinski definition) is 0.